The van der Waals surface area contributed by atoms with Crippen LogP contribution in [-0.4, -0.2) is 40.2 Å². The normalized spacial score (nSPS) is 18.7. The zero-order valence-electron chi connectivity index (χ0n) is 10.0. The molecule has 4 nitrogen and oxygen atoms in total. The highest BCUT2D eigenvalue weighted by atomic mass is 32.1. The Kier molecular flexibility index (Phi) is 4.28. The van der Waals surface area contributed by atoms with Gasteiger partial charge >= 0.3 is 0 Å². The van der Waals surface area contributed by atoms with E-state index in [1.54, 1.807) is 12.1 Å². The van der Waals surface area contributed by atoms with Crippen molar-refractivity contribution in [1.82, 2.24) is 10.2 Å². The van der Waals surface area contributed by atoms with E-state index in [1.807, 2.05) is 23.1 Å². The van der Waals surface area contributed by atoms with Gasteiger partial charge in [0, 0.05) is 12.1 Å². The molecule has 1 atom stereocenters. The minimum atomic E-state index is -0.204. The molecule has 1 amide bonds. The smallest absolute Gasteiger partial charge is 0.257 e. The molecule has 96 valence electrons. The van der Waals surface area contributed by atoms with Crippen LogP contribution in [0.3, 0.4) is 0 Å². The van der Waals surface area contributed by atoms with E-state index in [2.05, 4.69) is 5.32 Å². The monoisotopic (exact) mass is 264 g/mol. The molecule has 2 rings (SSSR count). The molecule has 1 aliphatic rings. The first kappa shape index (κ1) is 13.0. The number of aliphatic hydroxyl groups is 1. The van der Waals surface area contributed by atoms with Crippen LogP contribution in [0.15, 0.2) is 30.3 Å². The van der Waals surface area contributed by atoms with E-state index in [4.69, 9.17) is 12.2 Å². The highest BCUT2D eigenvalue weighted by Gasteiger charge is 2.26. The Labute approximate surface area is 112 Å². The fraction of sp³-hybridized carbons (Fsp3) is 0.385. The Morgan fingerprint density at radius 2 is 2.17 bits per heavy atom. The minimum Gasteiger partial charge on any atom is -0.394 e. The number of rotatable bonds is 2. The molecule has 0 bridgehead atoms. The molecule has 0 saturated carbocycles. The number of carbonyl (C=O) groups is 1. The van der Waals surface area contributed by atoms with Crippen LogP contribution in [-0.2, 0) is 0 Å². The van der Waals surface area contributed by atoms with Crippen molar-refractivity contribution in [2.24, 2.45) is 0 Å². The number of thiocarbonyl (C=S) groups is 1. The maximum absolute atomic E-state index is 11.9. The molecule has 5 heteroatoms. The van der Waals surface area contributed by atoms with E-state index in [1.165, 1.54) is 0 Å². The van der Waals surface area contributed by atoms with Crippen molar-refractivity contribution in [3.63, 3.8) is 0 Å². The summed E-state index contributed by atoms with van der Waals surface area (Å²) in [5, 5.41) is 12.3. The Balaban J connectivity index is 1.97. The molecular weight excluding hydrogens is 248 g/mol. The number of benzene rings is 1. The van der Waals surface area contributed by atoms with Gasteiger partial charge in [-0.2, -0.15) is 0 Å². The Morgan fingerprint density at radius 3 is 2.83 bits per heavy atom. The number of nitrogens with zero attached hydrogens (tertiary/aromatic N) is 1. The largest absolute Gasteiger partial charge is 0.394 e. The van der Waals surface area contributed by atoms with Crippen LogP contribution >= 0.6 is 12.2 Å². The summed E-state index contributed by atoms with van der Waals surface area (Å²) in [6.07, 6.45) is 1.91. The first-order valence-corrected chi connectivity index (χ1v) is 6.41. The van der Waals surface area contributed by atoms with Crippen LogP contribution in [0.2, 0.25) is 0 Å². The molecule has 1 aromatic rings. The fourth-order valence-corrected chi connectivity index (χ4v) is 2.46. The second-order valence-electron chi connectivity index (χ2n) is 4.30. The summed E-state index contributed by atoms with van der Waals surface area (Å²) in [7, 11) is 0. The molecule has 18 heavy (non-hydrogen) atoms. The number of carbonyl (C=O) groups excluding carboxylic acids is 1. The molecule has 0 unspecified atom stereocenters. The number of amides is 1. The lowest BCUT2D eigenvalue weighted by molar-refractivity contribution is 0.0971. The highest BCUT2D eigenvalue weighted by molar-refractivity contribution is 7.80. The molecule has 0 aliphatic carbocycles. The molecule has 2 N–H and O–H groups in total. The maximum atomic E-state index is 11.9. The molecular formula is C13H16N2O2S. The number of hydrogen-bond acceptors (Lipinski definition) is 3. The molecule has 0 aromatic heterocycles. The van der Waals surface area contributed by atoms with Crippen molar-refractivity contribution in [2.75, 3.05) is 13.2 Å². The summed E-state index contributed by atoms with van der Waals surface area (Å²) in [6, 6.07) is 9.00. The average Bonchev–Trinajstić information content (AvgIpc) is 2.88. The third-order valence-electron chi connectivity index (χ3n) is 3.11. The van der Waals surface area contributed by atoms with Crippen LogP contribution in [0, 0.1) is 0 Å². The van der Waals surface area contributed by atoms with Crippen molar-refractivity contribution in [3.8, 4) is 0 Å². The Hall–Kier alpha value is -1.46. The summed E-state index contributed by atoms with van der Waals surface area (Å²) >= 11 is 5.22. The SMILES string of the molecule is O=C(NC(=S)N1CCC[C@H]1CO)c1ccccc1. The quantitative estimate of drug-likeness (QED) is 0.787. The predicted molar refractivity (Wildman–Crippen MR) is 73.3 cm³/mol. The first-order valence-electron chi connectivity index (χ1n) is 6.00. The van der Waals surface area contributed by atoms with Crippen LogP contribution in [0.1, 0.15) is 23.2 Å². The second-order valence-corrected chi connectivity index (χ2v) is 4.68. The van der Waals surface area contributed by atoms with E-state index >= 15 is 0 Å². The van der Waals surface area contributed by atoms with Gasteiger partial charge in [0.1, 0.15) is 0 Å². The summed E-state index contributed by atoms with van der Waals surface area (Å²) in [5.41, 5.74) is 0.583. The van der Waals surface area contributed by atoms with Crippen LogP contribution in [0.5, 0.6) is 0 Å². The predicted octanol–water partition coefficient (Wildman–Crippen LogP) is 1.16. The lowest BCUT2D eigenvalue weighted by Crippen LogP contribution is -2.46. The van der Waals surface area contributed by atoms with Gasteiger partial charge in [-0.05, 0) is 37.2 Å². The number of likely N-dealkylation sites (tertiary alicyclic amines) is 1. The van der Waals surface area contributed by atoms with Gasteiger partial charge < -0.3 is 10.0 Å². The lowest BCUT2D eigenvalue weighted by atomic mass is 10.2. The third kappa shape index (κ3) is 2.86. The van der Waals surface area contributed by atoms with Crippen molar-refractivity contribution in [1.29, 1.82) is 0 Å². The van der Waals surface area contributed by atoms with Gasteiger partial charge in [0.2, 0.25) is 0 Å². The van der Waals surface area contributed by atoms with Gasteiger partial charge in [-0.25, -0.2) is 0 Å². The van der Waals surface area contributed by atoms with Gasteiger partial charge in [0.25, 0.3) is 5.91 Å². The van der Waals surface area contributed by atoms with Crippen molar-refractivity contribution in [3.05, 3.63) is 35.9 Å². The second kappa shape index (κ2) is 5.93. The number of aliphatic hydroxyl groups excluding tert-OH is 1. The molecule has 1 aliphatic heterocycles. The van der Waals surface area contributed by atoms with Gasteiger partial charge in [0.05, 0.1) is 12.6 Å². The Morgan fingerprint density at radius 1 is 1.44 bits per heavy atom. The van der Waals surface area contributed by atoms with Crippen molar-refractivity contribution >= 4 is 23.2 Å². The fourth-order valence-electron chi connectivity index (χ4n) is 2.12. The van der Waals surface area contributed by atoms with Gasteiger partial charge in [-0.1, -0.05) is 18.2 Å². The molecule has 1 fully saturated rings. The molecule has 0 radical (unpaired) electrons. The van der Waals surface area contributed by atoms with Gasteiger partial charge in [0.15, 0.2) is 5.11 Å². The van der Waals surface area contributed by atoms with Crippen molar-refractivity contribution in [2.45, 2.75) is 18.9 Å². The topological polar surface area (TPSA) is 52.6 Å². The molecule has 1 aromatic carbocycles. The van der Waals surface area contributed by atoms with E-state index in [0.29, 0.717) is 10.7 Å². The van der Waals surface area contributed by atoms with Gasteiger partial charge in [-0.15, -0.1) is 0 Å². The van der Waals surface area contributed by atoms with Crippen LogP contribution in [0.25, 0.3) is 0 Å². The van der Waals surface area contributed by atoms with E-state index in [9.17, 15) is 9.90 Å². The van der Waals surface area contributed by atoms with E-state index in [0.717, 1.165) is 19.4 Å². The summed E-state index contributed by atoms with van der Waals surface area (Å²) in [4.78, 5) is 13.8. The minimum absolute atomic E-state index is 0.0357. The molecule has 1 saturated heterocycles. The number of hydrogen-bond donors (Lipinski definition) is 2. The van der Waals surface area contributed by atoms with Crippen LogP contribution in [0.4, 0.5) is 0 Å². The maximum Gasteiger partial charge on any atom is 0.257 e. The first-order chi connectivity index (χ1) is 8.72. The zero-order valence-corrected chi connectivity index (χ0v) is 10.8. The standard InChI is InChI=1S/C13H16N2O2S/c16-9-11-7-4-8-15(11)13(18)14-12(17)10-5-2-1-3-6-10/h1-3,5-6,11,16H,4,7-9H2,(H,14,17,18)/t11-/m0/s1. The van der Waals surface area contributed by atoms with Crippen molar-refractivity contribution < 1.29 is 9.90 Å². The Bertz CT molecular complexity index is 436. The summed E-state index contributed by atoms with van der Waals surface area (Å²) < 4.78 is 0. The average molecular weight is 264 g/mol. The third-order valence-corrected chi connectivity index (χ3v) is 3.44. The highest BCUT2D eigenvalue weighted by Crippen LogP contribution is 2.16. The summed E-state index contributed by atoms with van der Waals surface area (Å²) in [6.45, 7) is 0.862. The molecule has 0 spiro atoms. The zero-order chi connectivity index (χ0) is 13.0. The van der Waals surface area contributed by atoms with E-state index < -0.39 is 0 Å². The molecule has 1 heterocycles. The number of nitrogens with one attached hydrogen (secondary N) is 1. The summed E-state index contributed by atoms with van der Waals surface area (Å²) in [5.74, 6) is -0.204. The lowest BCUT2D eigenvalue weighted by Gasteiger charge is -2.25. The van der Waals surface area contributed by atoms with E-state index in [-0.39, 0.29) is 18.6 Å². The van der Waals surface area contributed by atoms with Crippen LogP contribution < -0.4 is 5.32 Å². The van der Waals surface area contributed by atoms with Gasteiger partial charge in [-0.3, -0.25) is 10.1 Å².